The Labute approximate surface area is 103 Å². The molecule has 0 fully saturated rings. The Bertz CT molecular complexity index is 579. The second-order valence-electron chi connectivity index (χ2n) is 3.83. The Morgan fingerprint density at radius 3 is 2.78 bits per heavy atom. The SMILES string of the molecule is Cc1cnc(CNc2cc([N+](=O)[O-])c(C)cn2)o1. The molecule has 2 rings (SSSR count). The summed E-state index contributed by atoms with van der Waals surface area (Å²) in [5.74, 6) is 1.65. The van der Waals surface area contributed by atoms with Gasteiger partial charge in [-0.25, -0.2) is 9.97 Å². The lowest BCUT2D eigenvalue weighted by atomic mass is 10.2. The number of nitro groups is 1. The van der Waals surface area contributed by atoms with Crippen LogP contribution in [-0.2, 0) is 6.54 Å². The van der Waals surface area contributed by atoms with Crippen LogP contribution in [0.1, 0.15) is 17.2 Å². The van der Waals surface area contributed by atoms with Crippen LogP contribution in [0.5, 0.6) is 0 Å². The van der Waals surface area contributed by atoms with Crippen molar-refractivity contribution in [3.8, 4) is 0 Å². The van der Waals surface area contributed by atoms with Gasteiger partial charge in [-0.2, -0.15) is 0 Å². The van der Waals surface area contributed by atoms with E-state index in [0.717, 1.165) is 5.76 Å². The van der Waals surface area contributed by atoms with Gasteiger partial charge in [0.15, 0.2) is 0 Å². The summed E-state index contributed by atoms with van der Waals surface area (Å²) in [6, 6.07) is 1.39. The molecule has 7 heteroatoms. The number of rotatable bonds is 4. The highest BCUT2D eigenvalue weighted by Crippen LogP contribution is 2.20. The van der Waals surface area contributed by atoms with Gasteiger partial charge >= 0.3 is 0 Å². The molecular formula is C11H12N4O3. The molecule has 0 aliphatic rings. The van der Waals surface area contributed by atoms with E-state index in [2.05, 4.69) is 15.3 Å². The Morgan fingerprint density at radius 2 is 2.17 bits per heavy atom. The summed E-state index contributed by atoms with van der Waals surface area (Å²) >= 11 is 0. The van der Waals surface area contributed by atoms with Crippen molar-refractivity contribution in [2.75, 3.05) is 5.32 Å². The molecule has 2 heterocycles. The van der Waals surface area contributed by atoms with E-state index in [0.29, 0.717) is 23.8 Å². The molecular weight excluding hydrogens is 236 g/mol. The van der Waals surface area contributed by atoms with Gasteiger partial charge in [0.25, 0.3) is 5.69 Å². The third-order valence-corrected chi connectivity index (χ3v) is 2.36. The van der Waals surface area contributed by atoms with Crippen molar-refractivity contribution in [1.82, 2.24) is 9.97 Å². The maximum Gasteiger partial charge on any atom is 0.277 e. The van der Waals surface area contributed by atoms with Crippen molar-refractivity contribution in [2.45, 2.75) is 20.4 Å². The lowest BCUT2D eigenvalue weighted by Crippen LogP contribution is -2.03. The summed E-state index contributed by atoms with van der Waals surface area (Å²) in [6.45, 7) is 3.78. The maximum absolute atomic E-state index is 10.8. The zero-order chi connectivity index (χ0) is 13.1. The molecule has 0 saturated heterocycles. The van der Waals surface area contributed by atoms with Crippen LogP contribution in [0.25, 0.3) is 0 Å². The predicted octanol–water partition coefficient (Wildman–Crippen LogP) is 2.21. The van der Waals surface area contributed by atoms with E-state index in [9.17, 15) is 10.1 Å². The number of aryl methyl sites for hydroxylation is 2. The van der Waals surface area contributed by atoms with Crippen molar-refractivity contribution in [2.24, 2.45) is 0 Å². The van der Waals surface area contributed by atoms with Crippen molar-refractivity contribution < 1.29 is 9.34 Å². The zero-order valence-corrected chi connectivity index (χ0v) is 10.0. The van der Waals surface area contributed by atoms with E-state index in [1.54, 1.807) is 20.0 Å². The summed E-state index contributed by atoms with van der Waals surface area (Å²) in [4.78, 5) is 18.4. The van der Waals surface area contributed by atoms with Crippen LogP contribution in [-0.4, -0.2) is 14.9 Å². The van der Waals surface area contributed by atoms with E-state index in [4.69, 9.17) is 4.42 Å². The summed E-state index contributed by atoms with van der Waals surface area (Å²) in [5, 5.41) is 13.7. The normalized spacial score (nSPS) is 10.3. The average molecular weight is 248 g/mol. The van der Waals surface area contributed by atoms with Gasteiger partial charge in [-0.1, -0.05) is 0 Å². The largest absolute Gasteiger partial charge is 0.444 e. The molecule has 1 N–H and O–H groups in total. The highest BCUT2D eigenvalue weighted by molar-refractivity contribution is 5.48. The highest BCUT2D eigenvalue weighted by atomic mass is 16.6. The van der Waals surface area contributed by atoms with E-state index in [1.807, 2.05) is 0 Å². The fourth-order valence-corrected chi connectivity index (χ4v) is 1.46. The van der Waals surface area contributed by atoms with Crippen LogP contribution < -0.4 is 5.32 Å². The molecule has 0 aliphatic heterocycles. The average Bonchev–Trinajstić information content (AvgIpc) is 2.74. The first-order chi connectivity index (χ1) is 8.56. The number of anilines is 1. The maximum atomic E-state index is 10.8. The van der Waals surface area contributed by atoms with Gasteiger partial charge in [0, 0.05) is 11.8 Å². The molecule has 0 radical (unpaired) electrons. The number of nitrogens with zero attached hydrogens (tertiary/aromatic N) is 3. The van der Waals surface area contributed by atoms with Gasteiger partial charge in [-0.05, 0) is 13.8 Å². The first-order valence-corrected chi connectivity index (χ1v) is 5.32. The number of pyridine rings is 1. The van der Waals surface area contributed by atoms with Crippen molar-refractivity contribution in [1.29, 1.82) is 0 Å². The third kappa shape index (κ3) is 2.62. The Balaban J connectivity index is 2.10. The standard InChI is InChI=1S/C11H12N4O3/c1-7-4-12-10(3-9(7)15(16)17)13-6-11-14-5-8(2)18-11/h3-5H,6H2,1-2H3,(H,12,13). The molecule has 0 spiro atoms. The molecule has 94 valence electrons. The molecule has 0 amide bonds. The summed E-state index contributed by atoms with van der Waals surface area (Å²) in [5.41, 5.74) is 0.564. The van der Waals surface area contributed by atoms with Crippen LogP contribution in [0.2, 0.25) is 0 Å². The number of hydrogen-bond acceptors (Lipinski definition) is 6. The predicted molar refractivity (Wildman–Crippen MR) is 64.2 cm³/mol. The lowest BCUT2D eigenvalue weighted by molar-refractivity contribution is -0.385. The van der Waals surface area contributed by atoms with Gasteiger partial charge in [-0.15, -0.1) is 0 Å². The fourth-order valence-electron chi connectivity index (χ4n) is 1.46. The third-order valence-electron chi connectivity index (χ3n) is 2.36. The molecule has 0 atom stereocenters. The topological polar surface area (TPSA) is 94.1 Å². The molecule has 0 unspecified atom stereocenters. The monoisotopic (exact) mass is 248 g/mol. The number of hydrogen-bond donors (Lipinski definition) is 1. The van der Waals surface area contributed by atoms with Crippen LogP contribution in [0.4, 0.5) is 11.5 Å². The van der Waals surface area contributed by atoms with Crippen LogP contribution in [0.3, 0.4) is 0 Å². The highest BCUT2D eigenvalue weighted by Gasteiger charge is 2.12. The smallest absolute Gasteiger partial charge is 0.277 e. The van der Waals surface area contributed by atoms with Crippen molar-refractivity contribution in [3.05, 3.63) is 45.8 Å². The van der Waals surface area contributed by atoms with E-state index >= 15 is 0 Å². The van der Waals surface area contributed by atoms with Crippen molar-refractivity contribution >= 4 is 11.5 Å². The molecule has 0 bridgehead atoms. The summed E-state index contributed by atoms with van der Waals surface area (Å²) in [6.07, 6.45) is 3.07. The Kier molecular flexibility index (Phi) is 3.22. The second-order valence-corrected chi connectivity index (χ2v) is 3.83. The van der Waals surface area contributed by atoms with E-state index in [-0.39, 0.29) is 5.69 Å². The van der Waals surface area contributed by atoms with Crippen LogP contribution >= 0.6 is 0 Å². The van der Waals surface area contributed by atoms with E-state index < -0.39 is 4.92 Å². The zero-order valence-electron chi connectivity index (χ0n) is 10.0. The molecule has 0 saturated carbocycles. The van der Waals surface area contributed by atoms with Gasteiger partial charge in [0.2, 0.25) is 5.89 Å². The molecule has 7 nitrogen and oxygen atoms in total. The fraction of sp³-hybridized carbons (Fsp3) is 0.273. The lowest BCUT2D eigenvalue weighted by Gasteiger charge is -2.03. The molecule has 2 aromatic heterocycles. The summed E-state index contributed by atoms with van der Waals surface area (Å²) in [7, 11) is 0. The summed E-state index contributed by atoms with van der Waals surface area (Å²) < 4.78 is 5.27. The molecule has 2 aromatic rings. The quantitative estimate of drug-likeness (QED) is 0.658. The minimum absolute atomic E-state index is 0.0380. The van der Waals surface area contributed by atoms with Gasteiger partial charge in [0.1, 0.15) is 11.6 Å². The second kappa shape index (κ2) is 4.82. The van der Waals surface area contributed by atoms with Gasteiger partial charge < -0.3 is 9.73 Å². The van der Waals surface area contributed by atoms with Crippen LogP contribution in [0.15, 0.2) is 22.9 Å². The number of nitrogens with one attached hydrogen (secondary N) is 1. The Morgan fingerprint density at radius 1 is 1.39 bits per heavy atom. The van der Waals surface area contributed by atoms with E-state index in [1.165, 1.54) is 12.3 Å². The minimum Gasteiger partial charge on any atom is -0.444 e. The first kappa shape index (κ1) is 12.0. The number of oxazole rings is 1. The minimum atomic E-state index is -0.433. The molecule has 0 aromatic carbocycles. The first-order valence-electron chi connectivity index (χ1n) is 5.32. The number of aromatic nitrogens is 2. The van der Waals surface area contributed by atoms with Crippen molar-refractivity contribution in [3.63, 3.8) is 0 Å². The van der Waals surface area contributed by atoms with Crippen LogP contribution in [0, 0.1) is 24.0 Å². The molecule has 0 aliphatic carbocycles. The Hall–Kier alpha value is -2.44. The van der Waals surface area contributed by atoms with Gasteiger partial charge in [-0.3, -0.25) is 10.1 Å². The van der Waals surface area contributed by atoms with Gasteiger partial charge in [0.05, 0.1) is 23.7 Å². The molecule has 18 heavy (non-hydrogen) atoms.